The van der Waals surface area contributed by atoms with Crippen molar-refractivity contribution in [2.24, 2.45) is 4.99 Å². The van der Waals surface area contributed by atoms with Crippen molar-refractivity contribution in [2.45, 2.75) is 0 Å². The standard InChI is InChI=1S/C14H9BrN2O5/c15-12-6-11(17(21)22)5-9(13(12)18)7-16-10-3-1-8(2-4-10)14(19)20/h1-7,18H,(H,19,20). The van der Waals surface area contributed by atoms with E-state index in [1.807, 2.05) is 0 Å². The Morgan fingerprint density at radius 3 is 2.45 bits per heavy atom. The number of halogens is 1. The Morgan fingerprint density at radius 2 is 1.91 bits per heavy atom. The van der Waals surface area contributed by atoms with Gasteiger partial charge in [-0.2, -0.15) is 0 Å². The highest BCUT2D eigenvalue weighted by Crippen LogP contribution is 2.31. The molecule has 0 aliphatic carbocycles. The lowest BCUT2D eigenvalue weighted by Gasteiger charge is -2.02. The van der Waals surface area contributed by atoms with E-state index in [-0.39, 0.29) is 27.0 Å². The van der Waals surface area contributed by atoms with Crippen molar-refractivity contribution >= 4 is 39.5 Å². The quantitative estimate of drug-likeness (QED) is 0.489. The molecular weight excluding hydrogens is 356 g/mol. The summed E-state index contributed by atoms with van der Waals surface area (Å²) in [7, 11) is 0. The van der Waals surface area contributed by atoms with Crippen LogP contribution in [0.1, 0.15) is 15.9 Å². The lowest BCUT2D eigenvalue weighted by atomic mass is 10.2. The van der Waals surface area contributed by atoms with Crippen LogP contribution in [0.2, 0.25) is 0 Å². The van der Waals surface area contributed by atoms with Crippen LogP contribution in [0.25, 0.3) is 0 Å². The Balaban J connectivity index is 2.33. The van der Waals surface area contributed by atoms with Crippen molar-refractivity contribution in [3.05, 3.63) is 62.1 Å². The highest BCUT2D eigenvalue weighted by Gasteiger charge is 2.13. The molecule has 2 aromatic carbocycles. The van der Waals surface area contributed by atoms with E-state index in [9.17, 15) is 20.0 Å². The van der Waals surface area contributed by atoms with Gasteiger partial charge in [0.15, 0.2) is 0 Å². The highest BCUT2D eigenvalue weighted by molar-refractivity contribution is 9.10. The molecule has 0 fully saturated rings. The third kappa shape index (κ3) is 3.47. The zero-order valence-electron chi connectivity index (χ0n) is 10.9. The molecule has 0 saturated heterocycles. The first kappa shape index (κ1) is 15.6. The summed E-state index contributed by atoms with van der Waals surface area (Å²) in [5, 5.41) is 29.4. The summed E-state index contributed by atoms with van der Waals surface area (Å²) in [6.45, 7) is 0. The Bertz CT molecular complexity index is 772. The van der Waals surface area contributed by atoms with Crippen LogP contribution in [0.15, 0.2) is 45.9 Å². The number of aromatic carboxylic acids is 1. The molecule has 0 aliphatic heterocycles. The predicted octanol–water partition coefficient (Wildman–Crippen LogP) is 3.51. The van der Waals surface area contributed by atoms with Crippen molar-refractivity contribution in [1.29, 1.82) is 0 Å². The molecule has 0 saturated carbocycles. The molecule has 22 heavy (non-hydrogen) atoms. The summed E-state index contributed by atoms with van der Waals surface area (Å²) in [6.07, 6.45) is 1.27. The Kier molecular flexibility index (Phi) is 4.52. The zero-order chi connectivity index (χ0) is 16.3. The number of hydrogen-bond acceptors (Lipinski definition) is 5. The van der Waals surface area contributed by atoms with Crippen molar-refractivity contribution in [1.82, 2.24) is 0 Å². The molecule has 0 atom stereocenters. The number of benzene rings is 2. The van der Waals surface area contributed by atoms with Crippen LogP contribution in [0, 0.1) is 10.1 Å². The van der Waals surface area contributed by atoms with Crippen molar-refractivity contribution < 1.29 is 19.9 Å². The summed E-state index contributed by atoms with van der Waals surface area (Å²) in [4.78, 5) is 25.0. The molecule has 2 N–H and O–H groups in total. The number of carbonyl (C=O) groups is 1. The van der Waals surface area contributed by atoms with Gasteiger partial charge >= 0.3 is 5.97 Å². The van der Waals surface area contributed by atoms with Crippen LogP contribution in [0.3, 0.4) is 0 Å². The molecule has 0 heterocycles. The first-order chi connectivity index (χ1) is 10.4. The van der Waals surface area contributed by atoms with Gasteiger partial charge < -0.3 is 10.2 Å². The minimum absolute atomic E-state index is 0.125. The lowest BCUT2D eigenvalue weighted by molar-refractivity contribution is -0.385. The van der Waals surface area contributed by atoms with Crippen molar-refractivity contribution in [3.63, 3.8) is 0 Å². The minimum atomic E-state index is -1.05. The van der Waals surface area contributed by atoms with Gasteiger partial charge in [0.2, 0.25) is 0 Å². The number of nitro groups is 1. The van der Waals surface area contributed by atoms with Gasteiger partial charge in [0.25, 0.3) is 5.69 Å². The third-order valence-electron chi connectivity index (χ3n) is 2.76. The minimum Gasteiger partial charge on any atom is -0.506 e. The first-order valence-corrected chi connectivity index (χ1v) is 6.72. The van der Waals surface area contributed by atoms with E-state index in [0.717, 1.165) is 0 Å². The second-order valence-electron chi connectivity index (χ2n) is 4.23. The Morgan fingerprint density at radius 1 is 1.27 bits per heavy atom. The molecular formula is C14H9BrN2O5. The molecule has 0 bridgehead atoms. The van der Waals surface area contributed by atoms with Gasteiger partial charge in [-0.3, -0.25) is 15.1 Å². The van der Waals surface area contributed by atoms with E-state index < -0.39 is 10.9 Å². The fourth-order valence-electron chi connectivity index (χ4n) is 1.64. The molecule has 0 aromatic heterocycles. The smallest absolute Gasteiger partial charge is 0.335 e. The molecule has 112 valence electrons. The van der Waals surface area contributed by atoms with E-state index in [2.05, 4.69) is 20.9 Å². The topological polar surface area (TPSA) is 113 Å². The van der Waals surface area contributed by atoms with E-state index in [4.69, 9.17) is 5.11 Å². The fourth-order valence-corrected chi connectivity index (χ4v) is 2.11. The highest BCUT2D eigenvalue weighted by atomic mass is 79.9. The van der Waals surface area contributed by atoms with Crippen molar-refractivity contribution in [3.8, 4) is 5.75 Å². The van der Waals surface area contributed by atoms with Gasteiger partial charge in [0, 0.05) is 23.9 Å². The zero-order valence-corrected chi connectivity index (χ0v) is 12.5. The van der Waals surface area contributed by atoms with Crippen LogP contribution in [-0.2, 0) is 0 Å². The maximum atomic E-state index is 10.8. The number of hydrogen-bond donors (Lipinski definition) is 2. The fraction of sp³-hybridized carbons (Fsp3) is 0. The van der Waals surface area contributed by atoms with Crippen LogP contribution >= 0.6 is 15.9 Å². The van der Waals surface area contributed by atoms with Gasteiger partial charge in [-0.25, -0.2) is 4.79 Å². The molecule has 0 radical (unpaired) electrons. The third-order valence-corrected chi connectivity index (χ3v) is 3.36. The summed E-state index contributed by atoms with van der Waals surface area (Å²) in [6, 6.07) is 8.13. The lowest BCUT2D eigenvalue weighted by Crippen LogP contribution is -1.94. The number of nitrogens with zero attached hydrogens (tertiary/aromatic N) is 2. The molecule has 0 aliphatic rings. The molecule has 0 amide bonds. The van der Waals surface area contributed by atoms with E-state index in [1.54, 1.807) is 0 Å². The summed E-state index contributed by atoms with van der Waals surface area (Å²) in [5.74, 6) is -1.22. The number of rotatable bonds is 4. The average molecular weight is 365 g/mol. The largest absolute Gasteiger partial charge is 0.506 e. The molecule has 8 heteroatoms. The maximum Gasteiger partial charge on any atom is 0.335 e. The summed E-state index contributed by atoms with van der Waals surface area (Å²) in [5.41, 5.74) is 0.558. The number of phenols is 1. The number of non-ortho nitro benzene ring substituents is 1. The van der Waals surface area contributed by atoms with Gasteiger partial charge in [0.05, 0.1) is 20.6 Å². The first-order valence-electron chi connectivity index (χ1n) is 5.93. The second-order valence-corrected chi connectivity index (χ2v) is 5.09. The predicted molar refractivity (Wildman–Crippen MR) is 83.1 cm³/mol. The molecule has 2 rings (SSSR count). The van der Waals surface area contributed by atoms with Crippen LogP contribution in [0.5, 0.6) is 5.75 Å². The van der Waals surface area contributed by atoms with Crippen LogP contribution in [-0.4, -0.2) is 27.3 Å². The van der Waals surface area contributed by atoms with Gasteiger partial charge in [0.1, 0.15) is 5.75 Å². The Labute approximate surface area is 132 Å². The number of aromatic hydroxyl groups is 1. The number of carboxylic acids is 1. The van der Waals surface area contributed by atoms with E-state index >= 15 is 0 Å². The monoisotopic (exact) mass is 364 g/mol. The number of phenolic OH excluding ortho intramolecular Hbond substituents is 1. The second kappa shape index (κ2) is 6.35. The SMILES string of the molecule is O=C(O)c1ccc(N=Cc2cc([N+](=O)[O-])cc(Br)c2O)cc1. The Hall–Kier alpha value is -2.74. The maximum absolute atomic E-state index is 10.8. The summed E-state index contributed by atoms with van der Waals surface area (Å²) >= 11 is 3.04. The number of aliphatic imine (C=N–C) groups is 1. The normalized spacial score (nSPS) is 10.8. The molecule has 2 aromatic rings. The van der Waals surface area contributed by atoms with Gasteiger partial charge in [-0.05, 0) is 40.2 Å². The number of carboxylic acid groups (broad SMARTS) is 1. The van der Waals surface area contributed by atoms with Gasteiger partial charge in [-0.1, -0.05) is 0 Å². The van der Waals surface area contributed by atoms with Crippen LogP contribution in [0.4, 0.5) is 11.4 Å². The van der Waals surface area contributed by atoms with Crippen LogP contribution < -0.4 is 0 Å². The number of nitro benzene ring substituents is 1. The molecule has 0 spiro atoms. The molecule has 7 nitrogen and oxygen atoms in total. The molecule has 0 unspecified atom stereocenters. The summed E-state index contributed by atoms with van der Waals surface area (Å²) < 4.78 is 0.185. The van der Waals surface area contributed by atoms with E-state index in [1.165, 1.54) is 42.6 Å². The average Bonchev–Trinajstić information content (AvgIpc) is 2.48. The van der Waals surface area contributed by atoms with Crippen molar-refractivity contribution in [2.75, 3.05) is 0 Å². The van der Waals surface area contributed by atoms with E-state index in [0.29, 0.717) is 5.69 Å². The van der Waals surface area contributed by atoms with Gasteiger partial charge in [-0.15, -0.1) is 0 Å².